The molecule has 1 aromatic heterocycles. The Bertz CT molecular complexity index is 766. The summed E-state index contributed by atoms with van der Waals surface area (Å²) in [5.74, 6) is -0.206. The van der Waals surface area contributed by atoms with Crippen molar-refractivity contribution in [1.82, 2.24) is 15.1 Å². The number of aromatic nitrogens is 2. The van der Waals surface area contributed by atoms with Crippen molar-refractivity contribution in [3.63, 3.8) is 0 Å². The van der Waals surface area contributed by atoms with Gasteiger partial charge < -0.3 is 10.1 Å². The lowest BCUT2D eigenvalue weighted by Gasteiger charge is -2.21. The minimum atomic E-state index is -0.242. The van der Waals surface area contributed by atoms with E-state index in [1.165, 1.54) is 23.9 Å². The molecule has 1 aliphatic rings. The maximum Gasteiger partial charge on any atom is 0.275 e. The summed E-state index contributed by atoms with van der Waals surface area (Å²) in [4.78, 5) is 24.3. The van der Waals surface area contributed by atoms with Crippen LogP contribution in [0.1, 0.15) is 38.5 Å². The number of carbonyl (C=O) groups excluding carboxylic acids is 1. The summed E-state index contributed by atoms with van der Waals surface area (Å²) >= 11 is 0. The average molecular weight is 343 g/mol. The first kappa shape index (κ1) is 17.6. The second-order valence-electron chi connectivity index (χ2n) is 6.53. The summed E-state index contributed by atoms with van der Waals surface area (Å²) < 4.78 is 7.04. The van der Waals surface area contributed by atoms with Crippen LogP contribution < -0.4 is 10.9 Å². The van der Waals surface area contributed by atoms with Gasteiger partial charge in [-0.25, -0.2) is 4.68 Å². The van der Waals surface area contributed by atoms with Crippen molar-refractivity contribution in [3.8, 4) is 0 Å². The highest BCUT2D eigenvalue weighted by Crippen LogP contribution is 2.20. The van der Waals surface area contributed by atoms with Gasteiger partial charge in [0.05, 0.1) is 17.7 Å². The van der Waals surface area contributed by atoms with Crippen LogP contribution in [-0.4, -0.2) is 34.9 Å². The standard InChI is InChI=1S/C19H25N3O3/c23-18(20-11-6-12-25-16-8-2-1-3-9-16)14-22-19(24)17-10-5-4-7-15(17)13-21-22/h4-5,7,10,13,16H,1-3,6,8-9,11-12,14H2,(H,20,23). The number of amides is 1. The summed E-state index contributed by atoms with van der Waals surface area (Å²) in [6.45, 7) is 1.15. The Kier molecular flexibility index (Phi) is 6.17. The maximum atomic E-state index is 12.3. The van der Waals surface area contributed by atoms with Crippen molar-refractivity contribution < 1.29 is 9.53 Å². The van der Waals surface area contributed by atoms with Crippen LogP contribution in [0, 0.1) is 0 Å². The summed E-state index contributed by atoms with van der Waals surface area (Å²) in [5, 5.41) is 8.25. The monoisotopic (exact) mass is 343 g/mol. The van der Waals surface area contributed by atoms with Crippen LogP contribution in [0.25, 0.3) is 10.8 Å². The second-order valence-corrected chi connectivity index (χ2v) is 6.53. The van der Waals surface area contributed by atoms with Crippen LogP contribution in [0.15, 0.2) is 35.3 Å². The number of nitrogens with one attached hydrogen (secondary N) is 1. The van der Waals surface area contributed by atoms with Crippen molar-refractivity contribution in [1.29, 1.82) is 0 Å². The number of fused-ring (bicyclic) bond motifs is 1. The van der Waals surface area contributed by atoms with Crippen LogP contribution in [0.5, 0.6) is 0 Å². The van der Waals surface area contributed by atoms with E-state index in [0.29, 0.717) is 24.6 Å². The Labute approximate surface area is 147 Å². The number of nitrogens with zero attached hydrogens (tertiary/aromatic N) is 2. The second kappa shape index (κ2) is 8.76. The number of rotatable bonds is 7. The predicted molar refractivity (Wildman–Crippen MR) is 96.5 cm³/mol. The molecular weight excluding hydrogens is 318 g/mol. The fourth-order valence-electron chi connectivity index (χ4n) is 3.21. The molecule has 1 amide bonds. The third-order valence-corrected chi connectivity index (χ3v) is 4.60. The normalized spacial score (nSPS) is 15.4. The molecule has 0 spiro atoms. The summed E-state index contributed by atoms with van der Waals surface area (Å²) in [7, 11) is 0. The molecule has 1 saturated carbocycles. The molecular formula is C19H25N3O3. The smallest absolute Gasteiger partial charge is 0.275 e. The molecule has 0 unspecified atom stereocenters. The molecule has 1 aromatic carbocycles. The van der Waals surface area contributed by atoms with E-state index in [4.69, 9.17) is 4.74 Å². The number of hydrogen-bond acceptors (Lipinski definition) is 4. The lowest BCUT2D eigenvalue weighted by atomic mass is 9.98. The lowest BCUT2D eigenvalue weighted by Crippen LogP contribution is -2.34. The van der Waals surface area contributed by atoms with Crippen LogP contribution in [-0.2, 0) is 16.1 Å². The highest BCUT2D eigenvalue weighted by Gasteiger charge is 2.13. The zero-order valence-corrected chi connectivity index (χ0v) is 14.4. The largest absolute Gasteiger partial charge is 0.378 e. The van der Waals surface area contributed by atoms with Gasteiger partial charge in [0.25, 0.3) is 5.56 Å². The molecule has 6 heteroatoms. The van der Waals surface area contributed by atoms with Crippen molar-refractivity contribution in [2.75, 3.05) is 13.2 Å². The molecule has 1 N–H and O–H groups in total. The minimum absolute atomic E-state index is 0.0624. The zero-order chi connectivity index (χ0) is 17.5. The van der Waals surface area contributed by atoms with Crippen LogP contribution in [0.4, 0.5) is 0 Å². The van der Waals surface area contributed by atoms with Crippen LogP contribution >= 0.6 is 0 Å². The van der Waals surface area contributed by atoms with E-state index < -0.39 is 0 Å². The van der Waals surface area contributed by atoms with Gasteiger partial charge >= 0.3 is 0 Å². The first-order valence-electron chi connectivity index (χ1n) is 9.07. The third kappa shape index (κ3) is 4.89. The number of carbonyl (C=O) groups is 1. The minimum Gasteiger partial charge on any atom is -0.378 e. The van der Waals surface area contributed by atoms with Gasteiger partial charge in [-0.15, -0.1) is 0 Å². The van der Waals surface area contributed by atoms with E-state index in [1.54, 1.807) is 18.3 Å². The summed E-state index contributed by atoms with van der Waals surface area (Å²) in [6, 6.07) is 7.24. The Hall–Kier alpha value is -2.21. The van der Waals surface area contributed by atoms with E-state index in [2.05, 4.69) is 10.4 Å². The fourth-order valence-corrected chi connectivity index (χ4v) is 3.21. The number of benzene rings is 1. The highest BCUT2D eigenvalue weighted by molar-refractivity contribution is 5.81. The predicted octanol–water partition coefficient (Wildman–Crippen LogP) is 2.25. The maximum absolute atomic E-state index is 12.3. The molecule has 1 heterocycles. The van der Waals surface area contributed by atoms with Gasteiger partial charge in [-0.3, -0.25) is 9.59 Å². The molecule has 1 aliphatic carbocycles. The number of hydrogen-bond donors (Lipinski definition) is 1. The molecule has 0 saturated heterocycles. The molecule has 6 nitrogen and oxygen atoms in total. The quantitative estimate of drug-likeness (QED) is 0.783. The SMILES string of the molecule is O=C(Cn1ncc2ccccc2c1=O)NCCCOC1CCCCC1. The van der Waals surface area contributed by atoms with E-state index in [-0.39, 0.29) is 18.0 Å². The van der Waals surface area contributed by atoms with Crippen molar-refractivity contribution in [3.05, 3.63) is 40.8 Å². The molecule has 1 fully saturated rings. The van der Waals surface area contributed by atoms with E-state index in [1.807, 2.05) is 12.1 Å². The Morgan fingerprint density at radius 3 is 2.88 bits per heavy atom. The van der Waals surface area contributed by atoms with Gasteiger partial charge in [-0.2, -0.15) is 5.10 Å². The molecule has 25 heavy (non-hydrogen) atoms. The molecule has 0 aliphatic heterocycles. The summed E-state index contributed by atoms with van der Waals surface area (Å²) in [6.07, 6.45) is 8.93. The van der Waals surface area contributed by atoms with Gasteiger partial charge in [0.2, 0.25) is 5.91 Å². The molecule has 0 bridgehead atoms. The summed E-state index contributed by atoms with van der Waals surface area (Å²) in [5.41, 5.74) is -0.242. The van der Waals surface area contributed by atoms with Crippen LogP contribution in [0.3, 0.4) is 0 Å². The Morgan fingerprint density at radius 1 is 1.24 bits per heavy atom. The van der Waals surface area contributed by atoms with Crippen molar-refractivity contribution in [2.24, 2.45) is 0 Å². The third-order valence-electron chi connectivity index (χ3n) is 4.60. The van der Waals surface area contributed by atoms with E-state index >= 15 is 0 Å². The van der Waals surface area contributed by atoms with Gasteiger partial charge in [0.1, 0.15) is 6.54 Å². The van der Waals surface area contributed by atoms with Crippen molar-refractivity contribution in [2.45, 2.75) is 51.2 Å². The highest BCUT2D eigenvalue weighted by atomic mass is 16.5. The van der Waals surface area contributed by atoms with Gasteiger partial charge in [0.15, 0.2) is 0 Å². The molecule has 0 atom stereocenters. The lowest BCUT2D eigenvalue weighted by molar-refractivity contribution is -0.121. The average Bonchev–Trinajstić information content (AvgIpc) is 2.65. The Balaban J connectivity index is 1.42. The van der Waals surface area contributed by atoms with Gasteiger partial charge in [-0.1, -0.05) is 37.5 Å². The fraction of sp³-hybridized carbons (Fsp3) is 0.526. The first-order valence-corrected chi connectivity index (χ1v) is 9.07. The molecule has 3 rings (SSSR count). The van der Waals surface area contributed by atoms with E-state index in [0.717, 1.165) is 24.6 Å². The topological polar surface area (TPSA) is 73.2 Å². The van der Waals surface area contributed by atoms with Crippen LogP contribution in [0.2, 0.25) is 0 Å². The van der Waals surface area contributed by atoms with Crippen molar-refractivity contribution >= 4 is 16.7 Å². The molecule has 134 valence electrons. The first-order chi connectivity index (χ1) is 12.2. The number of ether oxygens (including phenoxy) is 1. The Morgan fingerprint density at radius 2 is 2.04 bits per heavy atom. The zero-order valence-electron chi connectivity index (χ0n) is 14.4. The van der Waals surface area contributed by atoms with Gasteiger partial charge in [-0.05, 0) is 25.3 Å². The molecule has 0 radical (unpaired) electrons. The van der Waals surface area contributed by atoms with E-state index in [9.17, 15) is 9.59 Å². The van der Waals surface area contributed by atoms with Gasteiger partial charge in [0, 0.05) is 18.5 Å². The molecule has 2 aromatic rings.